The lowest BCUT2D eigenvalue weighted by atomic mass is 9.70. The Morgan fingerprint density at radius 1 is 0.423 bits per heavy atom. The number of fused-ring (bicyclic) bond motifs is 7. The summed E-state index contributed by atoms with van der Waals surface area (Å²) in [7, 11) is 0. The van der Waals surface area contributed by atoms with Gasteiger partial charge in [-0.15, -0.1) is 11.3 Å². The Morgan fingerprint density at radius 2 is 1.02 bits per heavy atom. The summed E-state index contributed by atoms with van der Waals surface area (Å²) in [6.45, 7) is 0. The van der Waals surface area contributed by atoms with Gasteiger partial charge in [-0.3, -0.25) is 0 Å². The highest BCUT2D eigenvalue weighted by Gasteiger charge is 2.33. The minimum atomic E-state index is 0.266. The van der Waals surface area contributed by atoms with E-state index in [2.05, 4.69) is 181 Å². The van der Waals surface area contributed by atoms with Gasteiger partial charge in [-0.05, 0) is 99.4 Å². The molecule has 0 nitrogen and oxygen atoms in total. The molecule has 11 rings (SSSR count). The SMILES string of the molecule is C1=CC2C(c3ccsc3)=c3ccccc3=C(c3cccc4c3sc3cc(-c5c6ccccc6c(-c6ccccc6)c6ccccc56)ccc34)C2C=C1. The maximum atomic E-state index is 2.45. The first kappa shape index (κ1) is 29.9. The highest BCUT2D eigenvalue weighted by molar-refractivity contribution is 7.26. The number of rotatable bonds is 4. The van der Waals surface area contributed by atoms with Crippen LogP contribution in [0.4, 0.5) is 0 Å². The van der Waals surface area contributed by atoms with E-state index in [-0.39, 0.29) is 5.92 Å². The van der Waals surface area contributed by atoms with Crippen LogP contribution in [0, 0.1) is 11.8 Å². The molecule has 0 aliphatic heterocycles. The fourth-order valence-electron chi connectivity index (χ4n) is 9.08. The van der Waals surface area contributed by atoms with Gasteiger partial charge in [0, 0.05) is 32.0 Å². The first-order valence-corrected chi connectivity index (χ1v) is 19.8. The maximum Gasteiger partial charge on any atom is 0.0431 e. The van der Waals surface area contributed by atoms with Crippen LogP contribution in [0.25, 0.3) is 75.1 Å². The zero-order valence-electron chi connectivity index (χ0n) is 28.3. The summed E-state index contributed by atoms with van der Waals surface area (Å²) in [6.07, 6.45) is 9.33. The molecule has 2 unspecified atom stereocenters. The van der Waals surface area contributed by atoms with Crippen molar-refractivity contribution in [2.45, 2.75) is 0 Å². The lowest BCUT2D eigenvalue weighted by Gasteiger charge is -2.33. The number of hydrogen-bond donors (Lipinski definition) is 0. The van der Waals surface area contributed by atoms with Crippen molar-refractivity contribution in [1.82, 2.24) is 0 Å². The van der Waals surface area contributed by atoms with Crippen LogP contribution in [0.3, 0.4) is 0 Å². The Bertz CT molecular complexity index is 3010. The topological polar surface area (TPSA) is 0 Å². The maximum absolute atomic E-state index is 2.45. The van der Waals surface area contributed by atoms with Crippen molar-refractivity contribution >= 4 is 75.5 Å². The summed E-state index contributed by atoms with van der Waals surface area (Å²) in [5.41, 5.74) is 10.7. The van der Waals surface area contributed by atoms with Crippen LogP contribution in [-0.4, -0.2) is 0 Å². The second kappa shape index (κ2) is 11.9. The Hall–Kier alpha value is -5.80. The molecule has 0 fully saturated rings. The highest BCUT2D eigenvalue weighted by Crippen LogP contribution is 2.48. The minimum Gasteiger partial charge on any atom is -0.152 e. The smallest absolute Gasteiger partial charge is 0.0431 e. The number of thiophene rings is 2. The molecule has 7 aromatic carbocycles. The van der Waals surface area contributed by atoms with Gasteiger partial charge in [0.25, 0.3) is 0 Å². The summed E-state index contributed by atoms with van der Waals surface area (Å²) in [5, 5.41) is 15.0. The van der Waals surface area contributed by atoms with Gasteiger partial charge in [0.05, 0.1) is 0 Å². The van der Waals surface area contributed by atoms with Crippen molar-refractivity contribution in [3.05, 3.63) is 202 Å². The second-order valence-electron chi connectivity index (χ2n) is 13.9. The fourth-order valence-corrected chi connectivity index (χ4v) is 11.0. The standard InChI is InChI=1S/C50H32S2/c1-2-13-31(14-3-1)46-35-15-4-6-17-37(35)47(38-18-7-5-16-36(38)46)32-25-26-34-43-23-12-24-44(50(43)52-45(34)29-32)49-41-21-10-8-19-39(41)48(33-27-28-51-30-33)40-20-9-11-22-42(40)49/h1-30,39,41H. The van der Waals surface area contributed by atoms with E-state index in [1.807, 2.05) is 11.3 Å². The molecule has 2 atom stereocenters. The second-order valence-corrected chi connectivity index (χ2v) is 15.7. The van der Waals surface area contributed by atoms with Crippen molar-refractivity contribution in [2.24, 2.45) is 11.8 Å². The van der Waals surface area contributed by atoms with Crippen molar-refractivity contribution in [3.8, 4) is 22.3 Å². The molecule has 2 heterocycles. The van der Waals surface area contributed by atoms with Crippen molar-refractivity contribution in [1.29, 1.82) is 0 Å². The Balaban J connectivity index is 1.17. The Morgan fingerprint density at radius 3 is 1.69 bits per heavy atom. The molecule has 2 aliphatic rings. The van der Waals surface area contributed by atoms with Gasteiger partial charge >= 0.3 is 0 Å². The molecular weight excluding hydrogens is 665 g/mol. The monoisotopic (exact) mass is 696 g/mol. The van der Waals surface area contributed by atoms with Crippen LogP contribution in [0.15, 0.2) is 181 Å². The van der Waals surface area contributed by atoms with Crippen molar-refractivity contribution in [3.63, 3.8) is 0 Å². The van der Waals surface area contributed by atoms with Crippen LogP contribution in [0.2, 0.25) is 0 Å². The molecule has 9 aromatic rings. The molecule has 0 spiro atoms. The van der Waals surface area contributed by atoms with Gasteiger partial charge in [0.15, 0.2) is 0 Å². The third-order valence-electron chi connectivity index (χ3n) is 11.2. The molecule has 2 heteroatoms. The summed E-state index contributed by atoms with van der Waals surface area (Å²) in [6, 6.07) is 54.3. The summed E-state index contributed by atoms with van der Waals surface area (Å²) in [4.78, 5) is 0. The quantitative estimate of drug-likeness (QED) is 0.161. The fraction of sp³-hybridized carbons (Fsp3) is 0.0400. The van der Waals surface area contributed by atoms with E-state index in [0.29, 0.717) is 5.92 Å². The summed E-state index contributed by atoms with van der Waals surface area (Å²) in [5.74, 6) is 0.559. The van der Waals surface area contributed by atoms with Crippen LogP contribution in [-0.2, 0) is 0 Å². The molecule has 0 saturated carbocycles. The third-order valence-corrected chi connectivity index (χ3v) is 13.1. The number of benzene rings is 7. The van der Waals surface area contributed by atoms with E-state index >= 15 is 0 Å². The predicted molar refractivity (Wildman–Crippen MR) is 226 cm³/mol. The number of allylic oxidation sites excluding steroid dienone is 4. The van der Waals surface area contributed by atoms with Crippen molar-refractivity contribution in [2.75, 3.05) is 0 Å². The van der Waals surface area contributed by atoms with E-state index in [0.717, 1.165) is 0 Å². The van der Waals surface area contributed by atoms with Gasteiger partial charge in [-0.1, -0.05) is 158 Å². The first-order chi connectivity index (χ1) is 25.8. The Kier molecular flexibility index (Phi) is 6.83. The van der Waals surface area contributed by atoms with Gasteiger partial charge in [0.1, 0.15) is 0 Å². The van der Waals surface area contributed by atoms with E-state index in [4.69, 9.17) is 0 Å². The minimum absolute atomic E-state index is 0.266. The molecule has 52 heavy (non-hydrogen) atoms. The van der Waals surface area contributed by atoms with Gasteiger partial charge in [-0.2, -0.15) is 11.3 Å². The molecule has 0 bridgehead atoms. The van der Waals surface area contributed by atoms with E-state index in [9.17, 15) is 0 Å². The van der Waals surface area contributed by atoms with Crippen LogP contribution in [0.1, 0.15) is 11.1 Å². The number of hydrogen-bond acceptors (Lipinski definition) is 2. The normalized spacial score (nSPS) is 16.6. The summed E-state index contributed by atoms with van der Waals surface area (Å²) < 4.78 is 2.69. The predicted octanol–water partition coefficient (Wildman–Crippen LogP) is 12.5. The molecule has 0 saturated heterocycles. The van der Waals surface area contributed by atoms with Gasteiger partial charge < -0.3 is 0 Å². The molecule has 0 N–H and O–H groups in total. The molecule has 244 valence electrons. The van der Waals surface area contributed by atoms with E-state index in [1.54, 1.807) is 11.3 Å². The largest absolute Gasteiger partial charge is 0.152 e. The average Bonchev–Trinajstić information content (AvgIpc) is 3.88. The van der Waals surface area contributed by atoms with E-state index in [1.165, 1.54) is 96.7 Å². The van der Waals surface area contributed by atoms with Gasteiger partial charge in [-0.25, -0.2) is 0 Å². The third kappa shape index (κ3) is 4.45. The molecule has 0 amide bonds. The lowest BCUT2D eigenvalue weighted by molar-refractivity contribution is 0.687. The molecule has 0 radical (unpaired) electrons. The van der Waals surface area contributed by atoms with Crippen LogP contribution in [0.5, 0.6) is 0 Å². The van der Waals surface area contributed by atoms with Crippen LogP contribution < -0.4 is 10.4 Å². The Labute approximate surface area is 310 Å². The molecule has 2 aromatic heterocycles. The lowest BCUT2D eigenvalue weighted by Crippen LogP contribution is -2.40. The highest BCUT2D eigenvalue weighted by atomic mass is 32.1. The summed E-state index contributed by atoms with van der Waals surface area (Å²) >= 11 is 3.73. The van der Waals surface area contributed by atoms with Crippen LogP contribution >= 0.6 is 22.7 Å². The van der Waals surface area contributed by atoms with Gasteiger partial charge in [0.2, 0.25) is 0 Å². The van der Waals surface area contributed by atoms with E-state index < -0.39 is 0 Å². The first-order valence-electron chi connectivity index (χ1n) is 18.0. The van der Waals surface area contributed by atoms with Crippen molar-refractivity contribution < 1.29 is 0 Å². The molecular formula is C50H32S2. The average molecular weight is 697 g/mol. The zero-order chi connectivity index (χ0) is 34.2. The molecule has 2 aliphatic carbocycles. The zero-order valence-corrected chi connectivity index (χ0v) is 29.9.